The van der Waals surface area contributed by atoms with Gasteiger partial charge in [0.2, 0.25) is 0 Å². The minimum atomic E-state index is -0.549. The van der Waals surface area contributed by atoms with Crippen LogP contribution in [0.3, 0.4) is 0 Å². The van der Waals surface area contributed by atoms with Gasteiger partial charge in [-0.05, 0) is 30.7 Å². The van der Waals surface area contributed by atoms with Gasteiger partial charge in [0, 0.05) is 17.4 Å². The first-order chi connectivity index (χ1) is 9.99. The van der Waals surface area contributed by atoms with Gasteiger partial charge in [-0.25, -0.2) is 0 Å². The average molecular weight is 280 g/mol. The Morgan fingerprint density at radius 3 is 2.71 bits per heavy atom. The Bertz CT molecular complexity index is 703. The summed E-state index contributed by atoms with van der Waals surface area (Å²) in [7, 11) is 5.47. The third-order valence-corrected chi connectivity index (χ3v) is 2.91. The third kappa shape index (κ3) is 3.44. The molecule has 0 saturated carbocycles. The summed E-state index contributed by atoms with van der Waals surface area (Å²) in [6, 6.07) is 10.2. The van der Waals surface area contributed by atoms with Crippen LogP contribution in [0.2, 0.25) is 0 Å². The highest BCUT2D eigenvalue weighted by Gasteiger charge is 2.18. The number of aromatic nitrogens is 1. The molecule has 0 bridgehead atoms. The summed E-state index contributed by atoms with van der Waals surface area (Å²) < 4.78 is 0. The lowest BCUT2D eigenvalue weighted by atomic mass is 9.91. The number of anilines is 1. The fraction of sp³-hybridized carbons (Fsp3) is 0.143. The minimum absolute atomic E-state index is 0.0927. The number of nitrogens with zero attached hydrogens (tertiary/aromatic N) is 2. The molecular formula is C14H13BN4O2. The van der Waals surface area contributed by atoms with Crippen molar-refractivity contribution in [1.29, 1.82) is 5.41 Å². The van der Waals surface area contributed by atoms with Gasteiger partial charge < -0.3 is 10.7 Å². The molecule has 0 aliphatic heterocycles. The highest BCUT2D eigenvalue weighted by atomic mass is 16.6. The van der Waals surface area contributed by atoms with Crippen molar-refractivity contribution in [3.8, 4) is 0 Å². The maximum absolute atomic E-state index is 11.0. The Hall–Kier alpha value is -2.70. The van der Waals surface area contributed by atoms with E-state index < -0.39 is 4.92 Å². The van der Waals surface area contributed by atoms with Crippen molar-refractivity contribution >= 4 is 24.8 Å². The van der Waals surface area contributed by atoms with Crippen LogP contribution in [-0.2, 0) is 6.54 Å². The largest absolute Gasteiger partial charge is 0.379 e. The van der Waals surface area contributed by atoms with E-state index in [1.165, 1.54) is 6.07 Å². The van der Waals surface area contributed by atoms with Crippen molar-refractivity contribution in [2.45, 2.75) is 13.5 Å². The van der Waals surface area contributed by atoms with Gasteiger partial charge in [-0.3, -0.25) is 15.1 Å². The highest BCUT2D eigenvalue weighted by Crippen LogP contribution is 2.26. The van der Waals surface area contributed by atoms with Gasteiger partial charge in [-0.15, -0.1) is 0 Å². The van der Waals surface area contributed by atoms with E-state index in [9.17, 15) is 10.1 Å². The Labute approximate surface area is 123 Å². The van der Waals surface area contributed by atoms with Gasteiger partial charge in [0.15, 0.2) is 0 Å². The van der Waals surface area contributed by atoms with Crippen LogP contribution in [0.1, 0.15) is 17.0 Å². The summed E-state index contributed by atoms with van der Waals surface area (Å²) in [5.41, 5.74) is 1.69. The fourth-order valence-electron chi connectivity index (χ4n) is 2.01. The molecule has 0 atom stereocenters. The molecule has 1 aromatic heterocycles. The standard InChI is InChI=1S/C14H13BN4O2/c1-9-4-2-5-10(18-9)8-17-11-6-3-7-12(19(20)21)13(11)14(15)16/h2-7,16-17H,8H2,1H3. The van der Waals surface area contributed by atoms with Crippen LogP contribution >= 0.6 is 0 Å². The molecule has 2 aromatic rings. The van der Waals surface area contributed by atoms with E-state index in [1.807, 2.05) is 25.1 Å². The van der Waals surface area contributed by atoms with Crippen LogP contribution in [0.4, 0.5) is 11.4 Å². The molecule has 6 nitrogen and oxygen atoms in total. The van der Waals surface area contributed by atoms with Crippen LogP contribution in [0.15, 0.2) is 36.4 Å². The lowest BCUT2D eigenvalue weighted by Gasteiger charge is -2.11. The summed E-state index contributed by atoms with van der Waals surface area (Å²) in [6.07, 6.45) is 0. The Morgan fingerprint density at radius 2 is 2.10 bits per heavy atom. The number of hydrogen-bond acceptors (Lipinski definition) is 5. The number of aryl methyl sites for hydroxylation is 1. The third-order valence-electron chi connectivity index (χ3n) is 2.91. The number of nitro groups is 1. The molecular weight excluding hydrogens is 267 g/mol. The van der Waals surface area contributed by atoms with Crippen LogP contribution in [-0.4, -0.2) is 23.4 Å². The Morgan fingerprint density at radius 1 is 1.38 bits per heavy atom. The first kappa shape index (κ1) is 14.7. The number of pyridine rings is 1. The second-order valence-corrected chi connectivity index (χ2v) is 4.49. The smallest absolute Gasteiger partial charge is 0.279 e. The number of hydrogen-bond donors (Lipinski definition) is 2. The normalized spacial score (nSPS) is 10.1. The highest BCUT2D eigenvalue weighted by molar-refractivity contribution is 6.64. The zero-order valence-corrected chi connectivity index (χ0v) is 11.5. The molecule has 0 amide bonds. The molecule has 21 heavy (non-hydrogen) atoms. The monoisotopic (exact) mass is 280 g/mol. The molecule has 2 rings (SSSR count). The van der Waals surface area contributed by atoms with E-state index in [0.29, 0.717) is 12.2 Å². The average Bonchev–Trinajstić information content (AvgIpc) is 2.44. The van der Waals surface area contributed by atoms with Crippen molar-refractivity contribution < 1.29 is 4.92 Å². The van der Waals surface area contributed by atoms with Crippen molar-refractivity contribution in [3.05, 3.63) is 63.5 Å². The molecule has 0 aliphatic carbocycles. The zero-order chi connectivity index (χ0) is 15.4. The Balaban J connectivity index is 2.30. The van der Waals surface area contributed by atoms with Crippen LogP contribution in [0, 0.1) is 22.4 Å². The topological polar surface area (TPSA) is 91.9 Å². The number of nitrogens with one attached hydrogen (secondary N) is 2. The molecule has 1 aromatic carbocycles. The van der Waals surface area contributed by atoms with Gasteiger partial charge in [-0.2, -0.15) is 0 Å². The SMILES string of the molecule is [B]C(=N)c1c(NCc2cccc(C)n2)cccc1[N+](=O)[O-]. The van der Waals surface area contributed by atoms with E-state index >= 15 is 0 Å². The minimum Gasteiger partial charge on any atom is -0.379 e. The van der Waals surface area contributed by atoms with Crippen LogP contribution in [0.25, 0.3) is 0 Å². The summed E-state index contributed by atoms with van der Waals surface area (Å²) in [5.74, 6) is 0. The zero-order valence-electron chi connectivity index (χ0n) is 11.5. The van der Waals surface area contributed by atoms with E-state index in [2.05, 4.69) is 10.3 Å². The molecule has 0 saturated heterocycles. The lowest BCUT2D eigenvalue weighted by Crippen LogP contribution is -2.10. The van der Waals surface area contributed by atoms with Crippen molar-refractivity contribution in [2.24, 2.45) is 0 Å². The molecule has 0 spiro atoms. The molecule has 0 unspecified atom stereocenters. The molecule has 104 valence electrons. The predicted octanol–water partition coefficient (Wildman–Crippen LogP) is 2.40. The van der Waals surface area contributed by atoms with E-state index in [-0.39, 0.29) is 16.9 Å². The maximum Gasteiger partial charge on any atom is 0.279 e. The Kier molecular flexibility index (Phi) is 4.32. The van der Waals surface area contributed by atoms with E-state index in [4.69, 9.17) is 13.3 Å². The number of nitro benzene ring substituents is 1. The predicted molar refractivity (Wildman–Crippen MR) is 82.0 cm³/mol. The maximum atomic E-state index is 11.0. The summed E-state index contributed by atoms with van der Waals surface area (Å²) in [6.45, 7) is 2.28. The molecule has 1 heterocycles. The van der Waals surface area contributed by atoms with Crippen molar-refractivity contribution in [3.63, 3.8) is 0 Å². The lowest BCUT2D eigenvalue weighted by molar-refractivity contribution is -0.384. The summed E-state index contributed by atoms with van der Waals surface area (Å²) >= 11 is 0. The number of rotatable bonds is 5. The quantitative estimate of drug-likeness (QED) is 0.380. The molecule has 0 aliphatic rings. The first-order valence-corrected chi connectivity index (χ1v) is 6.27. The van der Waals surface area contributed by atoms with Gasteiger partial charge in [-0.1, -0.05) is 12.1 Å². The fourth-order valence-corrected chi connectivity index (χ4v) is 2.01. The molecule has 7 heteroatoms. The summed E-state index contributed by atoms with van der Waals surface area (Å²) in [4.78, 5) is 14.8. The van der Waals surface area contributed by atoms with Gasteiger partial charge in [0.05, 0.1) is 22.7 Å². The van der Waals surface area contributed by atoms with Gasteiger partial charge in [0.1, 0.15) is 7.85 Å². The summed E-state index contributed by atoms with van der Waals surface area (Å²) in [5, 5.41) is 21.6. The van der Waals surface area contributed by atoms with Crippen molar-refractivity contribution in [2.75, 3.05) is 5.32 Å². The second kappa shape index (κ2) is 6.17. The number of benzene rings is 1. The van der Waals surface area contributed by atoms with Crippen molar-refractivity contribution in [1.82, 2.24) is 4.98 Å². The first-order valence-electron chi connectivity index (χ1n) is 6.27. The molecule has 2 N–H and O–H groups in total. The van der Waals surface area contributed by atoms with E-state index in [1.54, 1.807) is 12.1 Å². The molecule has 2 radical (unpaired) electrons. The van der Waals surface area contributed by atoms with Gasteiger partial charge in [0.25, 0.3) is 5.69 Å². The second-order valence-electron chi connectivity index (χ2n) is 4.49. The van der Waals surface area contributed by atoms with Gasteiger partial charge >= 0.3 is 0 Å². The van der Waals surface area contributed by atoms with Crippen LogP contribution in [0.5, 0.6) is 0 Å². The molecule has 0 fully saturated rings. The van der Waals surface area contributed by atoms with Crippen LogP contribution < -0.4 is 5.32 Å². The van der Waals surface area contributed by atoms with E-state index in [0.717, 1.165) is 11.4 Å².